The Labute approximate surface area is 138 Å². The summed E-state index contributed by atoms with van der Waals surface area (Å²) in [5.41, 5.74) is 0.600. The van der Waals surface area contributed by atoms with Crippen LogP contribution in [0.15, 0.2) is 36.4 Å². The molecule has 1 aliphatic rings. The molecule has 4 nitrogen and oxygen atoms in total. The second-order valence-corrected chi connectivity index (χ2v) is 6.28. The average Bonchev–Trinajstić information content (AvgIpc) is 2.52. The van der Waals surface area contributed by atoms with Crippen LogP contribution in [0.4, 0.5) is 0 Å². The van der Waals surface area contributed by atoms with E-state index in [1.165, 1.54) is 0 Å². The first-order chi connectivity index (χ1) is 10.2. The Morgan fingerprint density at radius 3 is 2.71 bits per heavy atom. The van der Waals surface area contributed by atoms with Crippen molar-refractivity contribution < 1.29 is 9.59 Å². The quantitative estimate of drug-likeness (QED) is 0.592. The van der Waals surface area contributed by atoms with Gasteiger partial charge in [-0.1, -0.05) is 24.3 Å². The highest BCUT2D eigenvalue weighted by atomic mass is 127. The van der Waals surface area contributed by atoms with Crippen LogP contribution in [0.2, 0.25) is 0 Å². The van der Waals surface area contributed by atoms with E-state index >= 15 is 0 Å². The lowest BCUT2D eigenvalue weighted by molar-refractivity contribution is -0.120. The number of rotatable bonds is 5. The van der Waals surface area contributed by atoms with Crippen molar-refractivity contribution in [1.82, 2.24) is 10.6 Å². The largest absolute Gasteiger partial charge is 0.354 e. The minimum absolute atomic E-state index is 0.0202. The molecule has 2 N–H and O–H groups in total. The fraction of sp³-hybridized carbons (Fsp3) is 0.375. The van der Waals surface area contributed by atoms with E-state index in [4.69, 9.17) is 0 Å². The summed E-state index contributed by atoms with van der Waals surface area (Å²) < 4.78 is 0.877. The van der Waals surface area contributed by atoms with E-state index in [0.29, 0.717) is 18.0 Å². The van der Waals surface area contributed by atoms with E-state index in [1.807, 2.05) is 18.2 Å². The molecular weight excluding hydrogens is 379 g/mol. The number of amides is 2. The SMILES string of the molecule is O=C(CNC(=O)c1ccccc1I)NCC1CC=CCC1. The second-order valence-electron chi connectivity index (χ2n) is 5.12. The molecule has 0 radical (unpaired) electrons. The Bertz CT molecular complexity index is 543. The van der Waals surface area contributed by atoms with Crippen molar-refractivity contribution in [3.05, 3.63) is 45.6 Å². The zero-order valence-corrected chi connectivity index (χ0v) is 13.9. The number of hydrogen-bond donors (Lipinski definition) is 2. The van der Waals surface area contributed by atoms with Crippen LogP contribution in [-0.2, 0) is 4.79 Å². The predicted molar refractivity (Wildman–Crippen MR) is 91.0 cm³/mol. The third-order valence-electron chi connectivity index (χ3n) is 3.49. The molecule has 5 heteroatoms. The molecule has 0 aromatic heterocycles. The summed E-state index contributed by atoms with van der Waals surface area (Å²) in [7, 11) is 0. The van der Waals surface area contributed by atoms with Crippen molar-refractivity contribution >= 4 is 34.4 Å². The molecule has 0 saturated heterocycles. The van der Waals surface area contributed by atoms with Crippen molar-refractivity contribution in [2.45, 2.75) is 19.3 Å². The Morgan fingerprint density at radius 2 is 2.00 bits per heavy atom. The summed E-state index contributed by atoms with van der Waals surface area (Å²) in [6, 6.07) is 7.31. The van der Waals surface area contributed by atoms with Crippen LogP contribution in [-0.4, -0.2) is 24.9 Å². The molecule has 1 aliphatic carbocycles. The third kappa shape index (κ3) is 5.15. The Morgan fingerprint density at radius 1 is 1.19 bits per heavy atom. The van der Waals surface area contributed by atoms with Gasteiger partial charge in [0.2, 0.25) is 5.91 Å². The lowest BCUT2D eigenvalue weighted by atomic mass is 9.94. The van der Waals surface area contributed by atoms with Crippen LogP contribution in [0.3, 0.4) is 0 Å². The standard InChI is InChI=1S/C16H19IN2O2/c17-14-9-5-4-8-13(14)16(21)19-11-15(20)18-10-12-6-2-1-3-7-12/h1-2,4-5,8-9,12H,3,6-7,10-11H2,(H,18,20)(H,19,21). The molecule has 0 spiro atoms. The first kappa shape index (κ1) is 16.0. The molecule has 21 heavy (non-hydrogen) atoms. The normalized spacial score (nSPS) is 17.3. The molecule has 2 amide bonds. The molecule has 1 atom stereocenters. The molecule has 1 aromatic rings. The number of halogens is 1. The first-order valence-corrected chi connectivity index (χ1v) is 8.19. The van der Waals surface area contributed by atoms with Crippen LogP contribution in [0.5, 0.6) is 0 Å². The monoisotopic (exact) mass is 398 g/mol. The van der Waals surface area contributed by atoms with E-state index in [9.17, 15) is 9.59 Å². The third-order valence-corrected chi connectivity index (χ3v) is 4.43. The zero-order valence-electron chi connectivity index (χ0n) is 11.8. The summed E-state index contributed by atoms with van der Waals surface area (Å²) in [6.45, 7) is 0.703. The molecule has 0 fully saturated rings. The van der Waals surface area contributed by atoms with Crippen molar-refractivity contribution in [3.63, 3.8) is 0 Å². The molecule has 2 rings (SSSR count). The maximum absolute atomic E-state index is 12.0. The molecule has 112 valence electrons. The van der Waals surface area contributed by atoms with Crippen molar-refractivity contribution in [2.75, 3.05) is 13.1 Å². The van der Waals surface area contributed by atoms with Crippen LogP contribution in [0, 0.1) is 9.49 Å². The fourth-order valence-electron chi connectivity index (χ4n) is 2.26. The van der Waals surface area contributed by atoms with Gasteiger partial charge in [-0.25, -0.2) is 0 Å². The summed E-state index contributed by atoms with van der Waals surface area (Å²) in [5, 5.41) is 5.54. The molecule has 0 bridgehead atoms. The van der Waals surface area contributed by atoms with E-state index in [2.05, 4.69) is 45.4 Å². The number of benzene rings is 1. The van der Waals surface area contributed by atoms with Gasteiger partial charge in [0.1, 0.15) is 0 Å². The van der Waals surface area contributed by atoms with Crippen LogP contribution < -0.4 is 10.6 Å². The molecule has 0 aliphatic heterocycles. The van der Waals surface area contributed by atoms with Gasteiger partial charge in [0, 0.05) is 10.1 Å². The number of carbonyl (C=O) groups excluding carboxylic acids is 2. The molecular formula is C16H19IN2O2. The fourth-order valence-corrected chi connectivity index (χ4v) is 2.90. The van der Waals surface area contributed by atoms with Crippen LogP contribution in [0.25, 0.3) is 0 Å². The molecule has 0 saturated carbocycles. The van der Waals surface area contributed by atoms with Gasteiger partial charge < -0.3 is 10.6 Å². The average molecular weight is 398 g/mol. The predicted octanol–water partition coefficient (Wildman–Crippen LogP) is 2.49. The second kappa shape index (κ2) is 8.17. The number of allylic oxidation sites excluding steroid dienone is 2. The maximum atomic E-state index is 12.0. The van der Waals surface area contributed by atoms with Crippen molar-refractivity contribution in [3.8, 4) is 0 Å². The number of hydrogen-bond acceptors (Lipinski definition) is 2. The van der Waals surface area contributed by atoms with E-state index in [1.54, 1.807) is 6.07 Å². The highest BCUT2D eigenvalue weighted by Gasteiger charge is 2.13. The summed E-state index contributed by atoms with van der Waals surface area (Å²) in [4.78, 5) is 23.7. The minimum atomic E-state index is -0.212. The smallest absolute Gasteiger partial charge is 0.252 e. The van der Waals surface area contributed by atoms with E-state index in [-0.39, 0.29) is 18.4 Å². The summed E-state index contributed by atoms with van der Waals surface area (Å²) in [5.74, 6) is 0.171. The lowest BCUT2D eigenvalue weighted by Gasteiger charge is -2.18. The van der Waals surface area contributed by atoms with Crippen molar-refractivity contribution in [1.29, 1.82) is 0 Å². The maximum Gasteiger partial charge on any atom is 0.252 e. The van der Waals surface area contributed by atoms with E-state index < -0.39 is 0 Å². The molecule has 1 aromatic carbocycles. The van der Waals surface area contributed by atoms with Gasteiger partial charge in [-0.05, 0) is 59.9 Å². The van der Waals surface area contributed by atoms with Gasteiger partial charge in [0.05, 0.1) is 12.1 Å². The number of carbonyl (C=O) groups is 2. The molecule has 1 unspecified atom stereocenters. The first-order valence-electron chi connectivity index (χ1n) is 7.11. The van der Waals surface area contributed by atoms with Gasteiger partial charge in [-0.2, -0.15) is 0 Å². The zero-order chi connectivity index (χ0) is 15.1. The lowest BCUT2D eigenvalue weighted by Crippen LogP contribution is -2.39. The topological polar surface area (TPSA) is 58.2 Å². The summed E-state index contributed by atoms with van der Waals surface area (Å²) in [6.07, 6.45) is 7.57. The summed E-state index contributed by atoms with van der Waals surface area (Å²) >= 11 is 2.11. The van der Waals surface area contributed by atoms with Gasteiger partial charge in [0.15, 0.2) is 0 Å². The highest BCUT2D eigenvalue weighted by molar-refractivity contribution is 14.1. The van der Waals surface area contributed by atoms with Crippen LogP contribution in [0.1, 0.15) is 29.6 Å². The Balaban J connectivity index is 1.72. The molecule has 0 heterocycles. The van der Waals surface area contributed by atoms with Gasteiger partial charge in [-0.3, -0.25) is 9.59 Å². The van der Waals surface area contributed by atoms with Gasteiger partial charge in [0.25, 0.3) is 5.91 Å². The van der Waals surface area contributed by atoms with E-state index in [0.717, 1.165) is 22.8 Å². The number of nitrogens with one attached hydrogen (secondary N) is 2. The Hall–Kier alpha value is -1.37. The van der Waals surface area contributed by atoms with Crippen LogP contribution >= 0.6 is 22.6 Å². The Kier molecular flexibility index (Phi) is 6.22. The van der Waals surface area contributed by atoms with Crippen molar-refractivity contribution in [2.24, 2.45) is 5.92 Å². The highest BCUT2D eigenvalue weighted by Crippen LogP contribution is 2.16. The minimum Gasteiger partial charge on any atom is -0.354 e. The van der Waals surface area contributed by atoms with Gasteiger partial charge in [-0.15, -0.1) is 0 Å². The van der Waals surface area contributed by atoms with Gasteiger partial charge >= 0.3 is 0 Å².